The molecule has 0 aliphatic carbocycles. The predicted molar refractivity (Wildman–Crippen MR) is 73.1 cm³/mol. The maximum atomic E-state index is 11.8. The summed E-state index contributed by atoms with van der Waals surface area (Å²) in [6, 6.07) is 5.90. The summed E-state index contributed by atoms with van der Waals surface area (Å²) in [6.07, 6.45) is 0. The van der Waals surface area contributed by atoms with Crippen molar-refractivity contribution < 1.29 is 4.79 Å². The fourth-order valence-corrected chi connectivity index (χ4v) is 2.55. The Kier molecular flexibility index (Phi) is 3.81. The smallest absolute Gasteiger partial charge is 0.261 e. The zero-order chi connectivity index (χ0) is 13.1. The van der Waals surface area contributed by atoms with Gasteiger partial charge in [0.1, 0.15) is 0 Å². The van der Waals surface area contributed by atoms with Crippen LogP contribution in [0.1, 0.15) is 34.0 Å². The fourth-order valence-electron chi connectivity index (χ4n) is 1.91. The molecule has 0 saturated carbocycles. The molecule has 0 bridgehead atoms. The average molecular weight is 263 g/mol. The number of carbonyl (C=O) groups is 1. The normalized spacial score (nSPS) is 12.4. The first kappa shape index (κ1) is 12.8. The summed E-state index contributed by atoms with van der Waals surface area (Å²) in [4.78, 5) is 12.5. The Morgan fingerprint density at radius 2 is 2.33 bits per heavy atom. The van der Waals surface area contributed by atoms with E-state index in [9.17, 15) is 4.79 Å². The molecular weight excluding hydrogens is 246 g/mol. The van der Waals surface area contributed by atoms with Gasteiger partial charge in [0.2, 0.25) is 0 Å². The molecule has 1 N–H and O–H groups in total. The van der Waals surface area contributed by atoms with Crippen molar-refractivity contribution in [1.82, 2.24) is 15.1 Å². The third-order valence-corrected chi connectivity index (χ3v) is 3.63. The van der Waals surface area contributed by atoms with Gasteiger partial charge < -0.3 is 5.32 Å². The molecule has 0 fully saturated rings. The third-order valence-electron chi connectivity index (χ3n) is 2.77. The van der Waals surface area contributed by atoms with E-state index in [1.807, 2.05) is 49.0 Å². The highest BCUT2D eigenvalue weighted by molar-refractivity contribution is 7.12. The Morgan fingerprint density at radius 3 is 2.89 bits per heavy atom. The second-order valence-electron chi connectivity index (χ2n) is 4.41. The number of thiophene rings is 1. The SMILES string of the molecule is Cc1cc(C)n([C@@H](C)CNC(=O)c2cccs2)n1. The molecule has 0 aliphatic heterocycles. The second-order valence-corrected chi connectivity index (χ2v) is 5.36. The Labute approximate surface area is 111 Å². The zero-order valence-corrected chi connectivity index (χ0v) is 11.6. The quantitative estimate of drug-likeness (QED) is 0.921. The van der Waals surface area contributed by atoms with Crippen molar-refractivity contribution in [1.29, 1.82) is 0 Å². The second kappa shape index (κ2) is 5.35. The minimum Gasteiger partial charge on any atom is -0.349 e. The van der Waals surface area contributed by atoms with Crippen LogP contribution in [0.2, 0.25) is 0 Å². The summed E-state index contributed by atoms with van der Waals surface area (Å²) in [5.41, 5.74) is 2.12. The van der Waals surface area contributed by atoms with Crippen molar-refractivity contribution in [3.63, 3.8) is 0 Å². The van der Waals surface area contributed by atoms with Gasteiger partial charge in [0.25, 0.3) is 5.91 Å². The first-order valence-corrected chi connectivity index (χ1v) is 6.80. The van der Waals surface area contributed by atoms with Gasteiger partial charge in [-0.1, -0.05) is 6.07 Å². The molecule has 2 rings (SSSR count). The summed E-state index contributed by atoms with van der Waals surface area (Å²) < 4.78 is 1.95. The molecule has 0 radical (unpaired) electrons. The van der Waals surface area contributed by atoms with Gasteiger partial charge in [0.15, 0.2) is 0 Å². The molecule has 0 aliphatic rings. The van der Waals surface area contributed by atoms with Crippen LogP contribution in [0.5, 0.6) is 0 Å². The van der Waals surface area contributed by atoms with Gasteiger partial charge >= 0.3 is 0 Å². The van der Waals surface area contributed by atoms with E-state index in [-0.39, 0.29) is 11.9 Å². The number of hydrogen-bond acceptors (Lipinski definition) is 3. The van der Waals surface area contributed by atoms with Crippen LogP contribution in [0.15, 0.2) is 23.6 Å². The Balaban J connectivity index is 1.94. The van der Waals surface area contributed by atoms with E-state index in [1.54, 1.807) is 0 Å². The van der Waals surface area contributed by atoms with E-state index in [0.717, 1.165) is 16.3 Å². The Hall–Kier alpha value is -1.62. The van der Waals surface area contributed by atoms with Crippen molar-refractivity contribution in [2.75, 3.05) is 6.54 Å². The van der Waals surface area contributed by atoms with Crippen LogP contribution in [0.25, 0.3) is 0 Å². The molecule has 0 aromatic carbocycles. The lowest BCUT2D eigenvalue weighted by atomic mass is 10.3. The number of aromatic nitrogens is 2. The van der Waals surface area contributed by atoms with Gasteiger partial charge in [-0.2, -0.15) is 5.10 Å². The first-order valence-electron chi connectivity index (χ1n) is 5.92. The van der Waals surface area contributed by atoms with Crippen LogP contribution in [0, 0.1) is 13.8 Å². The molecule has 4 nitrogen and oxygen atoms in total. The van der Waals surface area contributed by atoms with Crippen LogP contribution < -0.4 is 5.32 Å². The maximum Gasteiger partial charge on any atom is 0.261 e. The molecule has 2 heterocycles. The van der Waals surface area contributed by atoms with Crippen LogP contribution in [0.3, 0.4) is 0 Å². The number of amides is 1. The largest absolute Gasteiger partial charge is 0.349 e. The molecule has 1 amide bonds. The van der Waals surface area contributed by atoms with E-state index < -0.39 is 0 Å². The highest BCUT2D eigenvalue weighted by atomic mass is 32.1. The molecule has 1 atom stereocenters. The van der Waals surface area contributed by atoms with Crippen molar-refractivity contribution >= 4 is 17.2 Å². The number of nitrogens with zero attached hydrogens (tertiary/aromatic N) is 2. The van der Waals surface area contributed by atoms with Crippen LogP contribution in [-0.4, -0.2) is 22.2 Å². The third kappa shape index (κ3) is 2.79. The van der Waals surface area contributed by atoms with E-state index in [2.05, 4.69) is 10.4 Å². The lowest BCUT2D eigenvalue weighted by Gasteiger charge is -2.14. The van der Waals surface area contributed by atoms with Crippen LogP contribution >= 0.6 is 11.3 Å². The van der Waals surface area contributed by atoms with Gasteiger partial charge in [0, 0.05) is 12.2 Å². The highest BCUT2D eigenvalue weighted by Crippen LogP contribution is 2.11. The zero-order valence-electron chi connectivity index (χ0n) is 10.8. The number of aryl methyl sites for hydroxylation is 2. The maximum absolute atomic E-state index is 11.8. The number of nitrogens with one attached hydrogen (secondary N) is 1. The highest BCUT2D eigenvalue weighted by Gasteiger charge is 2.12. The molecule has 2 aromatic rings. The molecule has 0 unspecified atom stereocenters. The van der Waals surface area contributed by atoms with Gasteiger partial charge in [-0.3, -0.25) is 9.48 Å². The van der Waals surface area contributed by atoms with Gasteiger partial charge in [-0.25, -0.2) is 0 Å². The van der Waals surface area contributed by atoms with Crippen LogP contribution in [-0.2, 0) is 0 Å². The van der Waals surface area contributed by atoms with Crippen LogP contribution in [0.4, 0.5) is 0 Å². The Bertz CT molecular complexity index is 530. The van der Waals surface area contributed by atoms with Crippen molar-refractivity contribution in [2.45, 2.75) is 26.8 Å². The summed E-state index contributed by atoms with van der Waals surface area (Å²) in [6.45, 7) is 6.63. The number of carbonyl (C=O) groups excluding carboxylic acids is 1. The van der Waals surface area contributed by atoms with Gasteiger partial charge in [-0.15, -0.1) is 11.3 Å². The Morgan fingerprint density at radius 1 is 1.56 bits per heavy atom. The molecule has 5 heteroatoms. The standard InChI is InChI=1S/C13H17N3OS/c1-9-7-10(2)16(15-9)11(3)8-14-13(17)12-5-4-6-18-12/h4-7,11H,8H2,1-3H3,(H,14,17)/t11-/m0/s1. The van der Waals surface area contributed by atoms with Gasteiger partial charge in [0.05, 0.1) is 16.6 Å². The summed E-state index contributed by atoms with van der Waals surface area (Å²) in [7, 11) is 0. The monoisotopic (exact) mass is 263 g/mol. The van der Waals surface area contributed by atoms with Gasteiger partial charge in [-0.05, 0) is 38.3 Å². The van der Waals surface area contributed by atoms with Crippen molar-refractivity contribution in [3.8, 4) is 0 Å². The van der Waals surface area contributed by atoms with E-state index in [4.69, 9.17) is 0 Å². The fraction of sp³-hybridized carbons (Fsp3) is 0.385. The minimum atomic E-state index is -0.0154. The topological polar surface area (TPSA) is 46.9 Å². The molecule has 96 valence electrons. The minimum absolute atomic E-state index is 0.0154. The van der Waals surface area contributed by atoms with Crippen molar-refractivity contribution in [2.24, 2.45) is 0 Å². The predicted octanol–water partition coefficient (Wildman–Crippen LogP) is 2.55. The molecule has 2 aromatic heterocycles. The molecular formula is C13H17N3OS. The molecule has 18 heavy (non-hydrogen) atoms. The number of rotatable bonds is 4. The first-order chi connectivity index (χ1) is 8.58. The lowest BCUT2D eigenvalue weighted by Crippen LogP contribution is -2.29. The lowest BCUT2D eigenvalue weighted by molar-refractivity contribution is 0.0952. The summed E-state index contributed by atoms with van der Waals surface area (Å²) in [5, 5.41) is 9.25. The summed E-state index contributed by atoms with van der Waals surface area (Å²) in [5.74, 6) is -0.0154. The van der Waals surface area contributed by atoms with Crippen molar-refractivity contribution in [3.05, 3.63) is 39.8 Å². The van der Waals surface area contributed by atoms with E-state index in [0.29, 0.717) is 6.54 Å². The molecule has 0 spiro atoms. The summed E-state index contributed by atoms with van der Waals surface area (Å²) >= 11 is 1.45. The van der Waals surface area contributed by atoms with E-state index >= 15 is 0 Å². The molecule has 0 saturated heterocycles. The van der Waals surface area contributed by atoms with E-state index in [1.165, 1.54) is 11.3 Å². The number of hydrogen-bond donors (Lipinski definition) is 1. The average Bonchev–Trinajstić information content (AvgIpc) is 2.95.